The topological polar surface area (TPSA) is 12.0 Å². The number of nitrogens with one attached hydrogen (secondary N) is 1. The van der Waals surface area contributed by atoms with E-state index in [9.17, 15) is 0 Å². The maximum absolute atomic E-state index is 5.76. The number of hydrogen-bond acceptors (Lipinski definition) is 2. The molecule has 1 rings (SSSR count). The molecule has 1 N–H and O–H groups in total. The largest absolute Gasteiger partial charge is 0.384 e. The molecule has 0 fully saturated rings. The molecule has 0 unspecified atom stereocenters. The van der Waals surface area contributed by atoms with Crippen LogP contribution >= 0.6 is 24.2 Å². The van der Waals surface area contributed by atoms with Crippen LogP contribution in [-0.2, 0) is 0 Å². The van der Waals surface area contributed by atoms with Gasteiger partial charge in [0.25, 0.3) is 0 Å². The molecular weight excluding hydrogens is 202 g/mol. The highest BCUT2D eigenvalue weighted by molar-refractivity contribution is 7.81. The van der Waals surface area contributed by atoms with Crippen molar-refractivity contribution >= 4 is 29.9 Å². The summed E-state index contributed by atoms with van der Waals surface area (Å²) in [4.78, 5) is 0. The number of hydrogen-bond donors (Lipinski definition) is 2. The second kappa shape index (κ2) is 4.25. The maximum Gasteiger partial charge on any atom is 0.0407 e. The molecule has 0 aliphatic rings. The van der Waals surface area contributed by atoms with Gasteiger partial charge in [0.15, 0.2) is 0 Å². The molecule has 0 spiro atoms. The van der Waals surface area contributed by atoms with Gasteiger partial charge >= 0.3 is 0 Å². The van der Waals surface area contributed by atoms with Crippen LogP contribution in [0.4, 0.5) is 5.69 Å². The van der Waals surface area contributed by atoms with Crippen molar-refractivity contribution in [2.75, 3.05) is 11.9 Å². The average Bonchev–Trinajstić information content (AvgIpc) is 2.02. The lowest BCUT2D eigenvalue weighted by molar-refractivity contribution is 0.758. The van der Waals surface area contributed by atoms with Gasteiger partial charge in [-0.1, -0.05) is 11.6 Å². The van der Waals surface area contributed by atoms with Crippen LogP contribution in [-0.4, -0.2) is 11.3 Å². The summed E-state index contributed by atoms with van der Waals surface area (Å²) in [5, 5.41) is 4.04. The summed E-state index contributed by atoms with van der Waals surface area (Å²) >= 11 is 10.2. The molecule has 0 aliphatic heterocycles. The Labute approximate surface area is 89.9 Å². The fourth-order valence-corrected chi connectivity index (χ4v) is 1.09. The second-order valence-electron chi connectivity index (χ2n) is 3.67. The Morgan fingerprint density at radius 2 is 1.85 bits per heavy atom. The summed E-state index contributed by atoms with van der Waals surface area (Å²) < 4.78 is -0.000361. The Balaban J connectivity index is 2.51. The van der Waals surface area contributed by atoms with Gasteiger partial charge in [0.2, 0.25) is 0 Å². The van der Waals surface area contributed by atoms with E-state index >= 15 is 0 Å². The van der Waals surface area contributed by atoms with Crippen molar-refractivity contribution in [1.29, 1.82) is 0 Å². The molecule has 0 heterocycles. The number of thiol groups is 1. The van der Waals surface area contributed by atoms with Gasteiger partial charge in [-0.3, -0.25) is 0 Å². The molecule has 3 heteroatoms. The van der Waals surface area contributed by atoms with E-state index in [0.717, 1.165) is 17.3 Å². The molecule has 0 amide bonds. The lowest BCUT2D eigenvalue weighted by Gasteiger charge is -2.18. The quantitative estimate of drug-likeness (QED) is 0.736. The van der Waals surface area contributed by atoms with Gasteiger partial charge < -0.3 is 5.32 Å². The Kier molecular flexibility index (Phi) is 3.51. The van der Waals surface area contributed by atoms with E-state index in [1.165, 1.54) is 0 Å². The van der Waals surface area contributed by atoms with Crippen LogP contribution in [0.5, 0.6) is 0 Å². The third-order valence-electron chi connectivity index (χ3n) is 1.57. The summed E-state index contributed by atoms with van der Waals surface area (Å²) in [6, 6.07) is 7.66. The summed E-state index contributed by atoms with van der Waals surface area (Å²) in [5.74, 6) is 0. The molecule has 0 saturated carbocycles. The molecule has 0 aromatic heterocycles. The Morgan fingerprint density at radius 1 is 1.31 bits per heavy atom. The molecule has 0 aliphatic carbocycles. The van der Waals surface area contributed by atoms with Crippen molar-refractivity contribution in [2.45, 2.75) is 18.6 Å². The number of halogens is 1. The van der Waals surface area contributed by atoms with Crippen LogP contribution in [0.15, 0.2) is 24.3 Å². The number of anilines is 1. The van der Waals surface area contributed by atoms with E-state index in [2.05, 4.69) is 31.8 Å². The van der Waals surface area contributed by atoms with Crippen molar-refractivity contribution in [3.8, 4) is 0 Å². The van der Waals surface area contributed by atoms with Gasteiger partial charge in [0.05, 0.1) is 0 Å². The van der Waals surface area contributed by atoms with E-state index in [1.807, 2.05) is 24.3 Å². The van der Waals surface area contributed by atoms with Gasteiger partial charge in [-0.25, -0.2) is 0 Å². The van der Waals surface area contributed by atoms with Crippen molar-refractivity contribution in [1.82, 2.24) is 0 Å². The maximum atomic E-state index is 5.76. The summed E-state index contributed by atoms with van der Waals surface area (Å²) in [7, 11) is 0. The lowest BCUT2D eigenvalue weighted by Crippen LogP contribution is -2.23. The van der Waals surface area contributed by atoms with Crippen LogP contribution in [0.25, 0.3) is 0 Å². The highest BCUT2D eigenvalue weighted by Gasteiger charge is 2.09. The van der Waals surface area contributed by atoms with Gasteiger partial charge in [-0.15, -0.1) is 0 Å². The van der Waals surface area contributed by atoms with Crippen LogP contribution in [0.1, 0.15) is 13.8 Å². The highest BCUT2D eigenvalue weighted by atomic mass is 35.5. The fourth-order valence-electron chi connectivity index (χ4n) is 0.886. The minimum atomic E-state index is -0.000361. The second-order valence-corrected chi connectivity index (χ2v) is 5.32. The standard InChI is InChI=1S/C10H14ClNS/c1-10(2,13)7-12-9-5-3-8(11)4-6-9/h3-6,12-13H,7H2,1-2H3. The molecule has 13 heavy (non-hydrogen) atoms. The molecule has 1 aromatic carbocycles. The average molecular weight is 216 g/mol. The van der Waals surface area contributed by atoms with E-state index in [-0.39, 0.29) is 4.75 Å². The molecule has 0 radical (unpaired) electrons. The van der Waals surface area contributed by atoms with Crippen LogP contribution in [0.2, 0.25) is 5.02 Å². The minimum absolute atomic E-state index is 0.000361. The molecular formula is C10H14ClNS. The third kappa shape index (κ3) is 4.44. The van der Waals surface area contributed by atoms with Crippen molar-refractivity contribution in [3.63, 3.8) is 0 Å². The monoisotopic (exact) mass is 215 g/mol. The summed E-state index contributed by atoms with van der Waals surface area (Å²) in [6.07, 6.45) is 0. The Bertz CT molecular complexity index is 263. The first-order valence-corrected chi connectivity index (χ1v) is 5.02. The van der Waals surface area contributed by atoms with E-state index < -0.39 is 0 Å². The van der Waals surface area contributed by atoms with Crippen LogP contribution in [0.3, 0.4) is 0 Å². The molecule has 0 bridgehead atoms. The fraction of sp³-hybridized carbons (Fsp3) is 0.400. The zero-order valence-corrected chi connectivity index (χ0v) is 9.49. The Morgan fingerprint density at radius 3 is 2.31 bits per heavy atom. The zero-order valence-electron chi connectivity index (χ0n) is 7.84. The molecule has 72 valence electrons. The highest BCUT2D eigenvalue weighted by Crippen LogP contribution is 2.16. The number of rotatable bonds is 3. The minimum Gasteiger partial charge on any atom is -0.384 e. The first-order valence-electron chi connectivity index (χ1n) is 4.19. The molecule has 0 saturated heterocycles. The van der Waals surface area contributed by atoms with Crippen LogP contribution in [0, 0.1) is 0 Å². The van der Waals surface area contributed by atoms with Crippen molar-refractivity contribution < 1.29 is 0 Å². The first-order chi connectivity index (χ1) is 5.97. The van der Waals surface area contributed by atoms with Crippen molar-refractivity contribution in [3.05, 3.63) is 29.3 Å². The van der Waals surface area contributed by atoms with Gasteiger partial charge in [0, 0.05) is 22.0 Å². The van der Waals surface area contributed by atoms with E-state index in [1.54, 1.807) is 0 Å². The first kappa shape index (κ1) is 10.7. The summed E-state index contributed by atoms with van der Waals surface area (Å²) in [5.41, 5.74) is 1.08. The van der Waals surface area contributed by atoms with Gasteiger partial charge in [0.1, 0.15) is 0 Å². The summed E-state index contributed by atoms with van der Waals surface area (Å²) in [6.45, 7) is 4.97. The third-order valence-corrected chi connectivity index (χ3v) is 1.98. The zero-order chi connectivity index (χ0) is 9.90. The predicted octanol–water partition coefficient (Wildman–Crippen LogP) is 3.46. The molecule has 1 nitrogen and oxygen atoms in total. The lowest BCUT2D eigenvalue weighted by atomic mass is 10.2. The smallest absolute Gasteiger partial charge is 0.0407 e. The molecule has 0 atom stereocenters. The SMILES string of the molecule is CC(C)(S)CNc1ccc(Cl)cc1. The normalized spacial score (nSPS) is 11.4. The number of benzene rings is 1. The van der Waals surface area contributed by atoms with Gasteiger partial charge in [-0.2, -0.15) is 12.6 Å². The molecule has 1 aromatic rings. The van der Waals surface area contributed by atoms with E-state index in [4.69, 9.17) is 11.6 Å². The van der Waals surface area contributed by atoms with Gasteiger partial charge in [-0.05, 0) is 38.1 Å². The van der Waals surface area contributed by atoms with E-state index in [0.29, 0.717) is 0 Å². The van der Waals surface area contributed by atoms with Crippen molar-refractivity contribution in [2.24, 2.45) is 0 Å². The predicted molar refractivity (Wildman–Crippen MR) is 63.0 cm³/mol. The van der Waals surface area contributed by atoms with Crippen LogP contribution < -0.4 is 5.32 Å². The Hall–Kier alpha value is -0.340.